The Morgan fingerprint density at radius 2 is 2.10 bits per heavy atom. The van der Waals surface area contributed by atoms with Gasteiger partial charge in [0.2, 0.25) is 11.8 Å². The van der Waals surface area contributed by atoms with Crippen molar-refractivity contribution in [1.29, 1.82) is 0 Å². The Hall–Kier alpha value is -2.11. The van der Waals surface area contributed by atoms with Gasteiger partial charge in [0.1, 0.15) is 12.1 Å². The third-order valence-corrected chi connectivity index (χ3v) is 3.44. The van der Waals surface area contributed by atoms with Crippen LogP contribution in [0.25, 0.3) is 0 Å². The largest absolute Gasteiger partial charge is 0.494 e. The van der Waals surface area contributed by atoms with Crippen molar-refractivity contribution in [1.82, 2.24) is 5.32 Å². The number of rotatable bonds is 3. The Balaban J connectivity index is 2.40. The molecule has 2 unspecified atom stereocenters. The van der Waals surface area contributed by atoms with Crippen LogP contribution in [0.4, 0.5) is 10.1 Å². The number of carbonyl (C=O) groups is 2. The SMILES string of the molecule is CCC1NC(=O)C(C)N(c2ccc(OC)c(F)c2)C1=O. The van der Waals surface area contributed by atoms with E-state index in [0.29, 0.717) is 12.1 Å². The smallest absolute Gasteiger partial charge is 0.250 e. The minimum Gasteiger partial charge on any atom is -0.494 e. The van der Waals surface area contributed by atoms with E-state index in [1.807, 2.05) is 6.92 Å². The number of hydrogen-bond donors (Lipinski definition) is 1. The van der Waals surface area contributed by atoms with Gasteiger partial charge in [0.05, 0.1) is 7.11 Å². The number of benzene rings is 1. The van der Waals surface area contributed by atoms with Crippen molar-refractivity contribution in [3.05, 3.63) is 24.0 Å². The van der Waals surface area contributed by atoms with Crippen LogP contribution in [0.1, 0.15) is 20.3 Å². The molecule has 1 N–H and O–H groups in total. The highest BCUT2D eigenvalue weighted by molar-refractivity contribution is 6.08. The lowest BCUT2D eigenvalue weighted by Gasteiger charge is -2.37. The summed E-state index contributed by atoms with van der Waals surface area (Å²) in [5.41, 5.74) is 0.356. The van der Waals surface area contributed by atoms with Gasteiger partial charge in [0.15, 0.2) is 11.6 Å². The highest BCUT2D eigenvalue weighted by atomic mass is 19.1. The fourth-order valence-electron chi connectivity index (χ4n) is 2.26. The lowest BCUT2D eigenvalue weighted by molar-refractivity contribution is -0.133. The molecule has 1 aliphatic heterocycles. The summed E-state index contributed by atoms with van der Waals surface area (Å²) in [5, 5.41) is 2.65. The molecular weight excluding hydrogens is 263 g/mol. The fourth-order valence-corrected chi connectivity index (χ4v) is 2.26. The molecule has 20 heavy (non-hydrogen) atoms. The zero-order chi connectivity index (χ0) is 14.9. The first-order valence-corrected chi connectivity index (χ1v) is 6.46. The Labute approximate surface area is 116 Å². The van der Waals surface area contributed by atoms with E-state index >= 15 is 0 Å². The van der Waals surface area contributed by atoms with Crippen molar-refractivity contribution < 1.29 is 18.7 Å². The van der Waals surface area contributed by atoms with Gasteiger partial charge in [-0.05, 0) is 25.5 Å². The molecule has 1 aliphatic rings. The Bertz CT molecular complexity index is 547. The lowest BCUT2D eigenvalue weighted by atomic mass is 10.1. The molecule has 0 spiro atoms. The van der Waals surface area contributed by atoms with Crippen molar-refractivity contribution in [3.8, 4) is 5.75 Å². The number of anilines is 1. The number of nitrogens with one attached hydrogen (secondary N) is 1. The number of carbonyl (C=O) groups excluding carboxylic acids is 2. The van der Waals surface area contributed by atoms with Gasteiger partial charge in [0, 0.05) is 11.8 Å². The van der Waals surface area contributed by atoms with Crippen molar-refractivity contribution >= 4 is 17.5 Å². The number of ether oxygens (including phenoxy) is 1. The summed E-state index contributed by atoms with van der Waals surface area (Å²) in [4.78, 5) is 25.5. The van der Waals surface area contributed by atoms with Gasteiger partial charge in [-0.25, -0.2) is 4.39 Å². The van der Waals surface area contributed by atoms with Crippen molar-refractivity contribution in [2.75, 3.05) is 12.0 Å². The highest BCUT2D eigenvalue weighted by Crippen LogP contribution is 2.27. The molecule has 2 rings (SSSR count). The minimum absolute atomic E-state index is 0.0994. The fraction of sp³-hybridized carbons (Fsp3) is 0.429. The first-order chi connectivity index (χ1) is 9.49. The van der Waals surface area contributed by atoms with Gasteiger partial charge in [-0.15, -0.1) is 0 Å². The summed E-state index contributed by atoms with van der Waals surface area (Å²) in [5.74, 6) is -0.941. The maximum atomic E-state index is 13.8. The Morgan fingerprint density at radius 1 is 1.40 bits per heavy atom. The van der Waals surface area contributed by atoms with Crippen LogP contribution in [0, 0.1) is 5.82 Å². The van der Waals surface area contributed by atoms with Gasteiger partial charge in [-0.1, -0.05) is 6.92 Å². The molecule has 1 aromatic rings. The normalized spacial score (nSPS) is 22.7. The van der Waals surface area contributed by atoms with Gasteiger partial charge in [-0.2, -0.15) is 0 Å². The first-order valence-electron chi connectivity index (χ1n) is 6.46. The Kier molecular flexibility index (Phi) is 3.92. The molecule has 1 heterocycles. The molecule has 0 aromatic heterocycles. The average Bonchev–Trinajstić information content (AvgIpc) is 2.43. The quantitative estimate of drug-likeness (QED) is 0.912. The predicted molar refractivity (Wildman–Crippen MR) is 72.1 cm³/mol. The lowest BCUT2D eigenvalue weighted by Crippen LogP contribution is -2.62. The van der Waals surface area contributed by atoms with E-state index in [4.69, 9.17) is 4.74 Å². The standard InChI is InChI=1S/C14H17FN2O3/c1-4-11-14(19)17(8(2)13(18)16-11)9-5-6-12(20-3)10(15)7-9/h5-8,11H,4H2,1-3H3,(H,16,18). The monoisotopic (exact) mass is 280 g/mol. The summed E-state index contributed by atoms with van der Waals surface area (Å²) < 4.78 is 18.6. The first kappa shape index (κ1) is 14.3. The molecule has 0 bridgehead atoms. The molecular formula is C14H17FN2O3. The van der Waals surface area contributed by atoms with E-state index in [9.17, 15) is 14.0 Å². The molecule has 0 radical (unpaired) electrons. The summed E-state index contributed by atoms with van der Waals surface area (Å²) in [6, 6.07) is 2.99. The van der Waals surface area contributed by atoms with Crippen LogP contribution in [-0.2, 0) is 9.59 Å². The van der Waals surface area contributed by atoms with Gasteiger partial charge < -0.3 is 10.1 Å². The third kappa shape index (κ3) is 2.33. The van der Waals surface area contributed by atoms with E-state index in [1.54, 1.807) is 13.0 Å². The maximum absolute atomic E-state index is 13.8. The van der Waals surface area contributed by atoms with E-state index in [0.717, 1.165) is 0 Å². The zero-order valence-corrected chi connectivity index (χ0v) is 11.6. The summed E-state index contributed by atoms with van der Waals surface area (Å²) in [6.45, 7) is 3.42. The average molecular weight is 280 g/mol. The third-order valence-electron chi connectivity index (χ3n) is 3.44. The van der Waals surface area contributed by atoms with Crippen molar-refractivity contribution in [2.45, 2.75) is 32.4 Å². The van der Waals surface area contributed by atoms with Crippen LogP contribution < -0.4 is 15.0 Å². The number of piperazine rings is 1. The molecule has 2 atom stereocenters. The van der Waals surface area contributed by atoms with E-state index in [1.165, 1.54) is 24.1 Å². The number of nitrogens with zero attached hydrogens (tertiary/aromatic N) is 1. The molecule has 6 heteroatoms. The Morgan fingerprint density at radius 3 is 2.65 bits per heavy atom. The molecule has 5 nitrogen and oxygen atoms in total. The van der Waals surface area contributed by atoms with Crippen LogP contribution >= 0.6 is 0 Å². The molecule has 0 aliphatic carbocycles. The van der Waals surface area contributed by atoms with Crippen LogP contribution in [0.3, 0.4) is 0 Å². The highest BCUT2D eigenvalue weighted by Gasteiger charge is 2.38. The van der Waals surface area contributed by atoms with Crippen molar-refractivity contribution in [2.24, 2.45) is 0 Å². The van der Waals surface area contributed by atoms with Gasteiger partial charge >= 0.3 is 0 Å². The molecule has 108 valence electrons. The zero-order valence-electron chi connectivity index (χ0n) is 11.6. The molecule has 1 saturated heterocycles. The summed E-state index contributed by atoms with van der Waals surface area (Å²) >= 11 is 0. The van der Waals surface area contributed by atoms with Crippen molar-refractivity contribution in [3.63, 3.8) is 0 Å². The van der Waals surface area contributed by atoms with Crippen LogP contribution in [-0.4, -0.2) is 31.0 Å². The van der Waals surface area contributed by atoms with Crippen LogP contribution in [0.15, 0.2) is 18.2 Å². The number of hydrogen-bond acceptors (Lipinski definition) is 3. The number of amides is 2. The number of halogens is 1. The summed E-state index contributed by atoms with van der Waals surface area (Å²) in [7, 11) is 1.37. The number of methoxy groups -OCH3 is 1. The second-order valence-electron chi connectivity index (χ2n) is 4.67. The minimum atomic E-state index is -0.668. The van der Waals surface area contributed by atoms with E-state index in [2.05, 4.69) is 5.32 Å². The maximum Gasteiger partial charge on any atom is 0.250 e. The molecule has 0 saturated carbocycles. The molecule has 1 fully saturated rings. The predicted octanol–water partition coefficient (Wildman–Crippen LogP) is 1.46. The second kappa shape index (κ2) is 5.48. The molecule has 2 amide bonds. The van der Waals surface area contributed by atoms with Crippen LogP contribution in [0.5, 0.6) is 5.75 Å². The molecule has 1 aromatic carbocycles. The van der Waals surface area contributed by atoms with Gasteiger partial charge in [0.25, 0.3) is 0 Å². The van der Waals surface area contributed by atoms with E-state index < -0.39 is 17.9 Å². The van der Waals surface area contributed by atoms with Gasteiger partial charge in [-0.3, -0.25) is 14.5 Å². The van der Waals surface area contributed by atoms with E-state index in [-0.39, 0.29) is 17.6 Å². The summed E-state index contributed by atoms with van der Waals surface area (Å²) in [6.07, 6.45) is 0.492. The topological polar surface area (TPSA) is 58.6 Å². The van der Waals surface area contributed by atoms with Crippen LogP contribution in [0.2, 0.25) is 0 Å². The second-order valence-corrected chi connectivity index (χ2v) is 4.67.